The van der Waals surface area contributed by atoms with Gasteiger partial charge in [0, 0.05) is 30.2 Å². The first-order valence-corrected chi connectivity index (χ1v) is 7.15. The second kappa shape index (κ2) is 6.46. The third-order valence-corrected chi connectivity index (χ3v) is 4.41. The molecule has 0 heterocycles. The van der Waals surface area contributed by atoms with E-state index in [0.717, 1.165) is 35.5 Å². The SMILES string of the molecule is COCc1ccc(OC)c(C2(CN)CCCC2)c1OC. The van der Waals surface area contributed by atoms with E-state index in [9.17, 15) is 0 Å². The molecule has 0 aromatic heterocycles. The van der Waals surface area contributed by atoms with Crippen LogP contribution < -0.4 is 15.2 Å². The zero-order valence-electron chi connectivity index (χ0n) is 12.7. The molecule has 0 amide bonds. The fourth-order valence-electron chi connectivity index (χ4n) is 3.39. The van der Waals surface area contributed by atoms with E-state index in [-0.39, 0.29) is 5.41 Å². The second-order valence-electron chi connectivity index (χ2n) is 5.46. The number of hydrogen-bond donors (Lipinski definition) is 1. The maximum atomic E-state index is 6.13. The topological polar surface area (TPSA) is 53.7 Å². The van der Waals surface area contributed by atoms with Crippen LogP contribution in [0.25, 0.3) is 0 Å². The lowest BCUT2D eigenvalue weighted by Crippen LogP contribution is -2.33. The molecule has 1 aromatic rings. The number of nitrogens with two attached hydrogens (primary N) is 1. The van der Waals surface area contributed by atoms with Crippen molar-refractivity contribution in [3.63, 3.8) is 0 Å². The maximum Gasteiger partial charge on any atom is 0.131 e. The van der Waals surface area contributed by atoms with Crippen molar-refractivity contribution < 1.29 is 14.2 Å². The van der Waals surface area contributed by atoms with E-state index in [1.165, 1.54) is 12.8 Å². The minimum atomic E-state index is -0.0273. The first kappa shape index (κ1) is 15.1. The Kier molecular flexibility index (Phi) is 4.89. The first-order chi connectivity index (χ1) is 9.72. The van der Waals surface area contributed by atoms with Crippen molar-refractivity contribution in [3.8, 4) is 11.5 Å². The third kappa shape index (κ3) is 2.50. The molecule has 1 aliphatic carbocycles. The van der Waals surface area contributed by atoms with Crippen LogP contribution in [-0.2, 0) is 16.8 Å². The molecular weight excluding hydrogens is 254 g/mol. The highest BCUT2D eigenvalue weighted by molar-refractivity contribution is 5.55. The van der Waals surface area contributed by atoms with Crippen LogP contribution in [0.3, 0.4) is 0 Å². The third-order valence-electron chi connectivity index (χ3n) is 4.41. The van der Waals surface area contributed by atoms with E-state index < -0.39 is 0 Å². The molecule has 0 saturated heterocycles. The maximum absolute atomic E-state index is 6.13. The fourth-order valence-corrected chi connectivity index (χ4v) is 3.39. The first-order valence-electron chi connectivity index (χ1n) is 7.15. The van der Waals surface area contributed by atoms with Crippen LogP contribution in [0.15, 0.2) is 12.1 Å². The Morgan fingerprint density at radius 1 is 1.10 bits per heavy atom. The van der Waals surface area contributed by atoms with Crippen molar-refractivity contribution in [2.45, 2.75) is 37.7 Å². The van der Waals surface area contributed by atoms with Gasteiger partial charge in [-0.25, -0.2) is 0 Å². The van der Waals surface area contributed by atoms with Crippen LogP contribution in [0, 0.1) is 0 Å². The Bertz CT molecular complexity index is 453. The average molecular weight is 279 g/mol. The summed E-state index contributed by atoms with van der Waals surface area (Å²) in [5.41, 5.74) is 8.27. The summed E-state index contributed by atoms with van der Waals surface area (Å²) in [6.07, 6.45) is 4.59. The highest BCUT2D eigenvalue weighted by Crippen LogP contribution is 2.49. The van der Waals surface area contributed by atoms with Crippen LogP contribution in [0.1, 0.15) is 36.8 Å². The molecule has 1 fully saturated rings. The highest BCUT2D eigenvalue weighted by atomic mass is 16.5. The molecule has 2 N–H and O–H groups in total. The van der Waals surface area contributed by atoms with Gasteiger partial charge in [0.05, 0.1) is 20.8 Å². The monoisotopic (exact) mass is 279 g/mol. The van der Waals surface area contributed by atoms with Gasteiger partial charge in [-0.2, -0.15) is 0 Å². The summed E-state index contributed by atoms with van der Waals surface area (Å²) in [4.78, 5) is 0. The van der Waals surface area contributed by atoms with Crippen LogP contribution >= 0.6 is 0 Å². The van der Waals surface area contributed by atoms with Crippen LogP contribution in [0.2, 0.25) is 0 Å². The van der Waals surface area contributed by atoms with Crippen molar-refractivity contribution in [2.24, 2.45) is 5.73 Å². The van der Waals surface area contributed by atoms with E-state index in [2.05, 4.69) is 0 Å². The normalized spacial score (nSPS) is 17.2. The van der Waals surface area contributed by atoms with Gasteiger partial charge in [-0.15, -0.1) is 0 Å². The molecule has 1 aliphatic rings. The van der Waals surface area contributed by atoms with Gasteiger partial charge in [0.25, 0.3) is 0 Å². The van der Waals surface area contributed by atoms with Crippen molar-refractivity contribution >= 4 is 0 Å². The second-order valence-corrected chi connectivity index (χ2v) is 5.46. The van der Waals surface area contributed by atoms with Gasteiger partial charge in [-0.05, 0) is 25.0 Å². The van der Waals surface area contributed by atoms with E-state index >= 15 is 0 Å². The van der Waals surface area contributed by atoms with E-state index in [4.69, 9.17) is 19.9 Å². The molecule has 4 nitrogen and oxygen atoms in total. The largest absolute Gasteiger partial charge is 0.496 e. The molecule has 0 spiro atoms. The smallest absolute Gasteiger partial charge is 0.131 e. The van der Waals surface area contributed by atoms with Crippen molar-refractivity contribution in [2.75, 3.05) is 27.9 Å². The quantitative estimate of drug-likeness (QED) is 0.869. The van der Waals surface area contributed by atoms with Crippen molar-refractivity contribution in [1.29, 1.82) is 0 Å². The lowest BCUT2D eigenvalue weighted by molar-refractivity contribution is 0.181. The fraction of sp³-hybridized carbons (Fsp3) is 0.625. The Hall–Kier alpha value is -1.26. The number of ether oxygens (including phenoxy) is 3. The van der Waals surface area contributed by atoms with E-state index in [0.29, 0.717) is 13.2 Å². The summed E-state index contributed by atoms with van der Waals surface area (Å²) in [6.45, 7) is 1.15. The Morgan fingerprint density at radius 3 is 2.30 bits per heavy atom. The van der Waals surface area contributed by atoms with Crippen molar-refractivity contribution in [3.05, 3.63) is 23.3 Å². The van der Waals surface area contributed by atoms with Gasteiger partial charge >= 0.3 is 0 Å². The highest BCUT2D eigenvalue weighted by Gasteiger charge is 2.39. The number of rotatable bonds is 6. The molecule has 1 saturated carbocycles. The summed E-state index contributed by atoms with van der Waals surface area (Å²) < 4.78 is 16.6. The minimum Gasteiger partial charge on any atom is -0.496 e. The zero-order valence-corrected chi connectivity index (χ0v) is 12.7. The molecule has 0 unspecified atom stereocenters. The van der Waals surface area contributed by atoms with Crippen LogP contribution in [-0.4, -0.2) is 27.9 Å². The molecule has 0 bridgehead atoms. The molecule has 4 heteroatoms. The zero-order chi connectivity index (χ0) is 14.6. The average Bonchev–Trinajstić information content (AvgIpc) is 2.97. The van der Waals surface area contributed by atoms with Gasteiger partial charge in [-0.3, -0.25) is 0 Å². The number of hydrogen-bond acceptors (Lipinski definition) is 4. The summed E-state index contributed by atoms with van der Waals surface area (Å²) in [6, 6.07) is 4.01. The minimum absolute atomic E-state index is 0.0273. The predicted molar refractivity (Wildman–Crippen MR) is 79.5 cm³/mol. The summed E-state index contributed by atoms with van der Waals surface area (Å²) in [5, 5.41) is 0. The van der Waals surface area contributed by atoms with Crippen LogP contribution in [0.5, 0.6) is 11.5 Å². The summed E-state index contributed by atoms with van der Waals surface area (Å²) >= 11 is 0. The van der Waals surface area contributed by atoms with E-state index in [1.807, 2.05) is 12.1 Å². The standard InChI is InChI=1S/C16H25NO3/c1-18-10-12-6-7-13(19-2)14(15(12)20-3)16(11-17)8-4-5-9-16/h6-7H,4-5,8-11,17H2,1-3H3. The Labute approximate surface area is 121 Å². The van der Waals surface area contributed by atoms with Crippen LogP contribution in [0.4, 0.5) is 0 Å². The molecule has 112 valence electrons. The number of benzene rings is 1. The van der Waals surface area contributed by atoms with Gasteiger partial charge in [0.15, 0.2) is 0 Å². The molecule has 0 radical (unpaired) electrons. The van der Waals surface area contributed by atoms with Crippen molar-refractivity contribution in [1.82, 2.24) is 0 Å². The Balaban J connectivity index is 2.60. The van der Waals surface area contributed by atoms with Gasteiger partial charge in [0.2, 0.25) is 0 Å². The summed E-state index contributed by atoms with van der Waals surface area (Å²) in [5.74, 6) is 1.74. The molecule has 20 heavy (non-hydrogen) atoms. The van der Waals surface area contributed by atoms with Gasteiger partial charge in [0.1, 0.15) is 11.5 Å². The molecule has 2 rings (SSSR count). The lowest BCUT2D eigenvalue weighted by atomic mass is 9.77. The van der Waals surface area contributed by atoms with Gasteiger partial charge < -0.3 is 19.9 Å². The Morgan fingerprint density at radius 2 is 1.80 bits per heavy atom. The summed E-state index contributed by atoms with van der Waals surface area (Å²) in [7, 11) is 5.10. The molecule has 1 aromatic carbocycles. The van der Waals surface area contributed by atoms with Gasteiger partial charge in [-0.1, -0.05) is 12.8 Å². The number of methoxy groups -OCH3 is 3. The van der Waals surface area contributed by atoms with E-state index in [1.54, 1.807) is 21.3 Å². The molecule has 0 aliphatic heterocycles. The molecule has 0 atom stereocenters. The molecular formula is C16H25NO3. The lowest BCUT2D eigenvalue weighted by Gasteiger charge is -2.32. The predicted octanol–water partition coefficient (Wildman–Crippen LogP) is 2.62.